The molecule has 16 heavy (non-hydrogen) atoms. The smallest absolute Gasteiger partial charge is 0.244 e. The van der Waals surface area contributed by atoms with E-state index in [0.717, 1.165) is 12.0 Å². The summed E-state index contributed by atoms with van der Waals surface area (Å²) in [5.41, 5.74) is 6.35. The van der Waals surface area contributed by atoms with Gasteiger partial charge in [0.15, 0.2) is 0 Å². The van der Waals surface area contributed by atoms with Crippen LogP contribution in [0, 0.1) is 5.82 Å². The summed E-state index contributed by atoms with van der Waals surface area (Å²) < 4.78 is 12.6. The Labute approximate surface area is 93.1 Å². The number of amides is 1. The number of rotatable bonds is 3. The Bertz CT molecular complexity index is 414. The Morgan fingerprint density at radius 1 is 1.44 bits per heavy atom. The van der Waals surface area contributed by atoms with Gasteiger partial charge in [0.1, 0.15) is 5.82 Å². The second kappa shape index (κ2) is 4.45. The number of hydrogen-bond acceptors (Lipinski definition) is 2. The maximum Gasteiger partial charge on any atom is 0.244 e. The first-order valence-electron chi connectivity index (χ1n) is 5.15. The SMILES string of the molecule is NC1CC1NC(=O)/C=C/c1ccc(F)cc1. The third-order valence-electron chi connectivity index (χ3n) is 2.46. The van der Waals surface area contributed by atoms with Gasteiger partial charge in [-0.3, -0.25) is 4.79 Å². The van der Waals surface area contributed by atoms with Crippen LogP contribution in [0.1, 0.15) is 12.0 Å². The summed E-state index contributed by atoms with van der Waals surface area (Å²) in [7, 11) is 0. The molecule has 1 saturated carbocycles. The molecule has 0 aromatic heterocycles. The fourth-order valence-electron chi connectivity index (χ4n) is 1.36. The molecule has 1 amide bonds. The molecule has 1 fully saturated rings. The van der Waals surface area contributed by atoms with E-state index in [1.54, 1.807) is 18.2 Å². The maximum absolute atomic E-state index is 12.6. The quantitative estimate of drug-likeness (QED) is 0.748. The van der Waals surface area contributed by atoms with Crippen molar-refractivity contribution < 1.29 is 9.18 Å². The van der Waals surface area contributed by atoms with E-state index in [2.05, 4.69) is 5.32 Å². The first kappa shape index (κ1) is 10.8. The molecule has 3 nitrogen and oxygen atoms in total. The molecule has 0 radical (unpaired) electrons. The van der Waals surface area contributed by atoms with E-state index in [1.807, 2.05) is 0 Å². The van der Waals surface area contributed by atoms with Crippen LogP contribution in [-0.4, -0.2) is 18.0 Å². The van der Waals surface area contributed by atoms with Gasteiger partial charge in [-0.05, 0) is 30.2 Å². The topological polar surface area (TPSA) is 55.1 Å². The number of nitrogens with one attached hydrogen (secondary N) is 1. The van der Waals surface area contributed by atoms with Gasteiger partial charge in [0, 0.05) is 18.2 Å². The molecular formula is C12H13FN2O. The van der Waals surface area contributed by atoms with E-state index < -0.39 is 0 Å². The lowest BCUT2D eigenvalue weighted by Crippen LogP contribution is -2.27. The van der Waals surface area contributed by atoms with Crippen LogP contribution in [0.4, 0.5) is 4.39 Å². The molecule has 0 saturated heterocycles. The van der Waals surface area contributed by atoms with Crippen molar-refractivity contribution in [3.8, 4) is 0 Å². The molecule has 1 aromatic rings. The largest absolute Gasteiger partial charge is 0.348 e. The first-order chi connectivity index (χ1) is 7.65. The molecule has 1 aliphatic rings. The van der Waals surface area contributed by atoms with Gasteiger partial charge in [-0.2, -0.15) is 0 Å². The fourth-order valence-corrected chi connectivity index (χ4v) is 1.36. The number of nitrogens with two attached hydrogens (primary N) is 1. The molecule has 0 bridgehead atoms. The molecular weight excluding hydrogens is 207 g/mol. The Morgan fingerprint density at radius 3 is 2.62 bits per heavy atom. The molecule has 2 unspecified atom stereocenters. The maximum atomic E-state index is 12.6. The lowest BCUT2D eigenvalue weighted by atomic mass is 10.2. The van der Waals surface area contributed by atoms with E-state index in [4.69, 9.17) is 5.73 Å². The Morgan fingerprint density at radius 2 is 2.06 bits per heavy atom. The van der Waals surface area contributed by atoms with Crippen molar-refractivity contribution in [1.29, 1.82) is 0 Å². The van der Waals surface area contributed by atoms with Crippen LogP contribution in [0.2, 0.25) is 0 Å². The Balaban J connectivity index is 1.88. The van der Waals surface area contributed by atoms with Crippen molar-refractivity contribution in [3.63, 3.8) is 0 Å². The predicted octanol–water partition coefficient (Wildman–Crippen LogP) is 1.05. The number of carbonyl (C=O) groups is 1. The van der Waals surface area contributed by atoms with Gasteiger partial charge in [-0.25, -0.2) is 4.39 Å². The fraction of sp³-hybridized carbons (Fsp3) is 0.250. The van der Waals surface area contributed by atoms with Gasteiger partial charge in [-0.15, -0.1) is 0 Å². The average Bonchev–Trinajstić information content (AvgIpc) is 2.93. The van der Waals surface area contributed by atoms with Crippen LogP contribution in [0.3, 0.4) is 0 Å². The molecule has 0 aliphatic heterocycles. The highest BCUT2D eigenvalue weighted by molar-refractivity contribution is 5.92. The Hall–Kier alpha value is -1.68. The van der Waals surface area contributed by atoms with Crippen LogP contribution in [-0.2, 0) is 4.79 Å². The minimum atomic E-state index is -0.287. The number of halogens is 1. The van der Waals surface area contributed by atoms with Crippen LogP contribution >= 0.6 is 0 Å². The van der Waals surface area contributed by atoms with Gasteiger partial charge in [0.05, 0.1) is 0 Å². The van der Waals surface area contributed by atoms with Crippen molar-refractivity contribution in [1.82, 2.24) is 5.32 Å². The van der Waals surface area contributed by atoms with E-state index in [9.17, 15) is 9.18 Å². The molecule has 1 aliphatic carbocycles. The highest BCUT2D eigenvalue weighted by atomic mass is 19.1. The van der Waals surface area contributed by atoms with Crippen molar-refractivity contribution in [2.75, 3.05) is 0 Å². The zero-order chi connectivity index (χ0) is 11.5. The minimum absolute atomic E-state index is 0.100. The highest BCUT2D eigenvalue weighted by Gasteiger charge is 2.34. The second-order valence-electron chi connectivity index (χ2n) is 3.90. The second-order valence-corrected chi connectivity index (χ2v) is 3.90. The Kier molecular flexibility index (Phi) is 3.01. The normalized spacial score (nSPS) is 23.4. The highest BCUT2D eigenvalue weighted by Crippen LogP contribution is 2.17. The summed E-state index contributed by atoms with van der Waals surface area (Å²) in [5, 5.41) is 2.76. The van der Waals surface area contributed by atoms with Crippen LogP contribution in [0.15, 0.2) is 30.3 Å². The molecule has 2 rings (SSSR count). The summed E-state index contributed by atoms with van der Waals surface area (Å²) in [6.45, 7) is 0. The summed E-state index contributed by atoms with van der Waals surface area (Å²) >= 11 is 0. The van der Waals surface area contributed by atoms with Gasteiger partial charge < -0.3 is 11.1 Å². The molecule has 0 heterocycles. The molecule has 2 atom stereocenters. The van der Waals surface area contributed by atoms with Crippen LogP contribution < -0.4 is 11.1 Å². The van der Waals surface area contributed by atoms with Gasteiger partial charge in [0.2, 0.25) is 5.91 Å². The van der Waals surface area contributed by atoms with E-state index >= 15 is 0 Å². The monoisotopic (exact) mass is 220 g/mol. The minimum Gasteiger partial charge on any atom is -0.348 e. The number of hydrogen-bond donors (Lipinski definition) is 2. The number of benzene rings is 1. The summed E-state index contributed by atoms with van der Waals surface area (Å²) in [5.74, 6) is -0.451. The van der Waals surface area contributed by atoms with Crippen molar-refractivity contribution >= 4 is 12.0 Å². The lowest BCUT2D eigenvalue weighted by Gasteiger charge is -1.98. The number of carbonyl (C=O) groups excluding carboxylic acids is 1. The molecule has 4 heteroatoms. The van der Waals surface area contributed by atoms with Crippen LogP contribution in [0.5, 0.6) is 0 Å². The predicted molar refractivity (Wildman–Crippen MR) is 60.0 cm³/mol. The molecule has 1 aromatic carbocycles. The molecule has 3 N–H and O–H groups in total. The lowest BCUT2D eigenvalue weighted by molar-refractivity contribution is -0.116. The summed E-state index contributed by atoms with van der Waals surface area (Å²) in [6.07, 6.45) is 3.91. The van der Waals surface area contributed by atoms with Crippen molar-refractivity contribution in [2.45, 2.75) is 18.5 Å². The third kappa shape index (κ3) is 2.90. The third-order valence-corrected chi connectivity index (χ3v) is 2.46. The average molecular weight is 220 g/mol. The van der Waals surface area contributed by atoms with Gasteiger partial charge >= 0.3 is 0 Å². The van der Waals surface area contributed by atoms with Gasteiger partial charge in [-0.1, -0.05) is 12.1 Å². The van der Waals surface area contributed by atoms with E-state index in [0.29, 0.717) is 0 Å². The van der Waals surface area contributed by atoms with Crippen LogP contribution in [0.25, 0.3) is 6.08 Å². The molecule has 84 valence electrons. The zero-order valence-corrected chi connectivity index (χ0v) is 8.69. The van der Waals surface area contributed by atoms with Crippen molar-refractivity contribution in [2.24, 2.45) is 5.73 Å². The van der Waals surface area contributed by atoms with E-state index in [-0.39, 0.29) is 23.8 Å². The standard InChI is InChI=1S/C12H13FN2O/c13-9-4-1-8(2-5-9)3-6-12(16)15-11-7-10(11)14/h1-6,10-11H,7,14H2,(H,15,16)/b6-3+. The summed E-state index contributed by atoms with van der Waals surface area (Å²) in [4.78, 5) is 11.4. The first-order valence-corrected chi connectivity index (χ1v) is 5.15. The summed E-state index contributed by atoms with van der Waals surface area (Å²) in [6, 6.07) is 6.15. The van der Waals surface area contributed by atoms with Crippen molar-refractivity contribution in [3.05, 3.63) is 41.7 Å². The van der Waals surface area contributed by atoms with Gasteiger partial charge in [0.25, 0.3) is 0 Å². The zero-order valence-electron chi connectivity index (χ0n) is 8.69. The van der Waals surface area contributed by atoms with E-state index in [1.165, 1.54) is 18.2 Å². The molecule has 0 spiro atoms.